The molecule has 5 nitrogen and oxygen atoms in total. The Balaban J connectivity index is 2.12. The van der Waals surface area contributed by atoms with Crippen LogP contribution in [0.15, 0.2) is 20.0 Å². The van der Waals surface area contributed by atoms with Crippen molar-refractivity contribution in [2.75, 3.05) is 0 Å². The standard InChI is InChI=1S/C11H13BrClNO4S/c1-6-2-3-7(4-6)14-11(15)8-5-9(10(12)18-8)19(13,16)17/h5-7H,2-4H2,1H3,(H,14,15). The Morgan fingerprint density at radius 3 is 2.68 bits per heavy atom. The molecule has 0 aromatic carbocycles. The van der Waals surface area contributed by atoms with Crippen LogP contribution in [0.3, 0.4) is 0 Å². The Morgan fingerprint density at radius 2 is 2.21 bits per heavy atom. The lowest BCUT2D eigenvalue weighted by Gasteiger charge is -2.10. The van der Waals surface area contributed by atoms with E-state index in [4.69, 9.17) is 15.1 Å². The molecule has 0 radical (unpaired) electrons. The van der Waals surface area contributed by atoms with Gasteiger partial charge in [0.2, 0.25) is 0 Å². The zero-order valence-corrected chi connectivity index (χ0v) is 13.3. The lowest BCUT2D eigenvalue weighted by molar-refractivity contribution is 0.0908. The number of nitrogens with one attached hydrogen (secondary N) is 1. The number of hydrogen-bond acceptors (Lipinski definition) is 4. The number of halogens is 2. The van der Waals surface area contributed by atoms with E-state index in [0.717, 1.165) is 25.3 Å². The van der Waals surface area contributed by atoms with E-state index in [1.165, 1.54) is 0 Å². The molecule has 1 N–H and O–H groups in total. The predicted octanol–water partition coefficient (Wildman–Crippen LogP) is 2.89. The molecule has 19 heavy (non-hydrogen) atoms. The molecule has 1 aromatic heterocycles. The van der Waals surface area contributed by atoms with Gasteiger partial charge in [-0.15, -0.1) is 0 Å². The predicted molar refractivity (Wildman–Crippen MR) is 73.7 cm³/mol. The first kappa shape index (κ1) is 14.9. The smallest absolute Gasteiger partial charge is 0.287 e. The van der Waals surface area contributed by atoms with E-state index in [1.807, 2.05) is 0 Å². The highest BCUT2D eigenvalue weighted by molar-refractivity contribution is 9.10. The molecule has 1 fully saturated rings. The molecular weight excluding hydrogens is 358 g/mol. The fraction of sp³-hybridized carbons (Fsp3) is 0.545. The van der Waals surface area contributed by atoms with Crippen LogP contribution in [0.1, 0.15) is 36.7 Å². The molecule has 0 aliphatic heterocycles. The fourth-order valence-electron chi connectivity index (χ4n) is 2.22. The maximum atomic E-state index is 11.9. The van der Waals surface area contributed by atoms with E-state index in [0.29, 0.717) is 5.92 Å². The first-order valence-corrected chi connectivity index (χ1v) is 8.92. The van der Waals surface area contributed by atoms with Gasteiger partial charge in [0.1, 0.15) is 4.90 Å². The van der Waals surface area contributed by atoms with E-state index >= 15 is 0 Å². The van der Waals surface area contributed by atoms with Crippen molar-refractivity contribution in [2.24, 2.45) is 5.92 Å². The van der Waals surface area contributed by atoms with Crippen LogP contribution in [0.25, 0.3) is 0 Å². The minimum absolute atomic E-state index is 0.0626. The van der Waals surface area contributed by atoms with Crippen LogP contribution in [0.4, 0.5) is 0 Å². The summed E-state index contributed by atoms with van der Waals surface area (Å²) in [5.41, 5.74) is 0. The molecule has 1 aromatic rings. The van der Waals surface area contributed by atoms with Gasteiger partial charge in [0.05, 0.1) is 0 Å². The first-order chi connectivity index (χ1) is 8.77. The van der Waals surface area contributed by atoms with Gasteiger partial charge in [0, 0.05) is 22.8 Å². The average molecular weight is 371 g/mol. The van der Waals surface area contributed by atoms with Crippen LogP contribution in [0.2, 0.25) is 0 Å². The van der Waals surface area contributed by atoms with Gasteiger partial charge in [-0.2, -0.15) is 0 Å². The Labute approximate surface area is 124 Å². The Kier molecular flexibility index (Phi) is 4.27. The van der Waals surface area contributed by atoms with Gasteiger partial charge < -0.3 is 9.73 Å². The zero-order chi connectivity index (χ0) is 14.2. The molecule has 2 unspecified atom stereocenters. The minimum Gasteiger partial charge on any atom is -0.443 e. The van der Waals surface area contributed by atoms with Crippen molar-refractivity contribution in [1.29, 1.82) is 0 Å². The van der Waals surface area contributed by atoms with E-state index in [9.17, 15) is 13.2 Å². The summed E-state index contributed by atoms with van der Waals surface area (Å²) < 4.78 is 27.5. The fourth-order valence-corrected chi connectivity index (χ4v) is 4.26. The van der Waals surface area contributed by atoms with Crippen LogP contribution >= 0.6 is 26.6 Å². The van der Waals surface area contributed by atoms with Gasteiger partial charge in [-0.1, -0.05) is 6.92 Å². The summed E-state index contributed by atoms with van der Waals surface area (Å²) in [6, 6.07) is 1.24. The summed E-state index contributed by atoms with van der Waals surface area (Å²) in [6.07, 6.45) is 2.93. The van der Waals surface area contributed by atoms with Crippen molar-refractivity contribution in [3.8, 4) is 0 Å². The second-order valence-corrected chi connectivity index (χ2v) is 8.03. The Hall–Kier alpha value is -0.530. The van der Waals surface area contributed by atoms with E-state index in [2.05, 4.69) is 28.2 Å². The monoisotopic (exact) mass is 369 g/mol. The molecule has 2 rings (SSSR count). The number of carbonyl (C=O) groups excluding carboxylic acids is 1. The normalized spacial score (nSPS) is 23.5. The van der Waals surface area contributed by atoms with E-state index in [-0.39, 0.29) is 21.4 Å². The molecule has 2 atom stereocenters. The summed E-state index contributed by atoms with van der Waals surface area (Å²) in [6.45, 7) is 2.13. The molecule has 0 bridgehead atoms. The molecule has 1 amide bonds. The lowest BCUT2D eigenvalue weighted by Crippen LogP contribution is -2.32. The average Bonchev–Trinajstić information content (AvgIpc) is 2.84. The highest BCUT2D eigenvalue weighted by Crippen LogP contribution is 2.29. The van der Waals surface area contributed by atoms with Gasteiger partial charge >= 0.3 is 0 Å². The van der Waals surface area contributed by atoms with Crippen LogP contribution in [-0.2, 0) is 9.05 Å². The maximum Gasteiger partial charge on any atom is 0.287 e. The Bertz CT molecular complexity index is 598. The molecule has 1 heterocycles. The third-order valence-electron chi connectivity index (χ3n) is 3.17. The summed E-state index contributed by atoms with van der Waals surface area (Å²) >= 11 is 2.93. The molecule has 1 saturated carbocycles. The van der Waals surface area contributed by atoms with Crippen molar-refractivity contribution in [1.82, 2.24) is 5.32 Å². The topological polar surface area (TPSA) is 76.4 Å². The molecule has 0 spiro atoms. The Morgan fingerprint density at radius 1 is 1.53 bits per heavy atom. The molecule has 106 valence electrons. The third kappa shape index (κ3) is 3.52. The number of amides is 1. The van der Waals surface area contributed by atoms with Gasteiger partial charge in [0.15, 0.2) is 10.4 Å². The zero-order valence-electron chi connectivity index (χ0n) is 10.2. The van der Waals surface area contributed by atoms with Gasteiger partial charge in [0.25, 0.3) is 15.0 Å². The van der Waals surface area contributed by atoms with Crippen molar-refractivity contribution >= 4 is 41.6 Å². The molecule has 1 aliphatic carbocycles. The number of carbonyl (C=O) groups is 1. The number of rotatable bonds is 3. The van der Waals surface area contributed by atoms with E-state index in [1.54, 1.807) is 0 Å². The lowest BCUT2D eigenvalue weighted by atomic mass is 10.1. The SMILES string of the molecule is CC1CCC(NC(=O)c2cc(S(=O)(=O)Cl)c(Br)o2)C1. The van der Waals surface area contributed by atoms with Crippen molar-refractivity contribution in [3.05, 3.63) is 16.5 Å². The second kappa shape index (κ2) is 5.46. The first-order valence-electron chi connectivity index (χ1n) is 5.82. The third-order valence-corrected chi connectivity index (χ3v) is 5.35. The largest absolute Gasteiger partial charge is 0.443 e. The van der Waals surface area contributed by atoms with Gasteiger partial charge in [-0.25, -0.2) is 8.42 Å². The second-order valence-electron chi connectivity index (χ2n) is 4.78. The maximum absolute atomic E-state index is 11.9. The molecule has 8 heteroatoms. The highest BCUT2D eigenvalue weighted by Gasteiger charge is 2.27. The van der Waals surface area contributed by atoms with Gasteiger partial charge in [-0.3, -0.25) is 4.79 Å². The van der Waals surface area contributed by atoms with Crippen molar-refractivity contribution in [3.63, 3.8) is 0 Å². The van der Waals surface area contributed by atoms with Gasteiger partial charge in [-0.05, 0) is 41.1 Å². The summed E-state index contributed by atoms with van der Waals surface area (Å²) in [5, 5.41) is 2.83. The number of furan rings is 1. The van der Waals surface area contributed by atoms with Crippen molar-refractivity contribution in [2.45, 2.75) is 37.1 Å². The number of hydrogen-bond donors (Lipinski definition) is 1. The van der Waals surface area contributed by atoms with Crippen LogP contribution < -0.4 is 5.32 Å². The molecular formula is C11H13BrClNO4S. The highest BCUT2D eigenvalue weighted by atomic mass is 79.9. The summed E-state index contributed by atoms with van der Waals surface area (Å²) in [5.74, 6) is 0.101. The van der Waals surface area contributed by atoms with Crippen LogP contribution in [-0.4, -0.2) is 20.4 Å². The summed E-state index contributed by atoms with van der Waals surface area (Å²) in [7, 11) is 1.29. The van der Waals surface area contributed by atoms with Crippen LogP contribution in [0, 0.1) is 5.92 Å². The molecule has 1 aliphatic rings. The summed E-state index contributed by atoms with van der Waals surface area (Å²) in [4.78, 5) is 11.7. The van der Waals surface area contributed by atoms with Crippen LogP contribution in [0.5, 0.6) is 0 Å². The van der Waals surface area contributed by atoms with Crippen molar-refractivity contribution < 1.29 is 17.6 Å². The minimum atomic E-state index is -3.93. The van der Waals surface area contributed by atoms with E-state index < -0.39 is 15.0 Å². The molecule has 0 saturated heterocycles. The quantitative estimate of drug-likeness (QED) is 0.830.